The first-order valence-corrected chi connectivity index (χ1v) is 10.4. The first-order valence-electron chi connectivity index (χ1n) is 6.04. The molecule has 2 N–H and O–H groups in total. The van der Waals surface area contributed by atoms with Crippen LogP contribution in [0.15, 0.2) is 56.0 Å². The van der Waals surface area contributed by atoms with Crippen LogP contribution in [0.5, 0.6) is 0 Å². The van der Waals surface area contributed by atoms with Gasteiger partial charge >= 0.3 is 29.6 Å². The van der Waals surface area contributed by atoms with Gasteiger partial charge in [0, 0.05) is 0 Å². The minimum Gasteiger partial charge on any atom is -1.00 e. The Morgan fingerprint density at radius 2 is 1.00 bits per heavy atom. The Labute approximate surface area is 171 Å². The summed E-state index contributed by atoms with van der Waals surface area (Å²) in [6.45, 7) is 0. The van der Waals surface area contributed by atoms with Gasteiger partial charge in [0.15, 0.2) is 0 Å². The van der Waals surface area contributed by atoms with Gasteiger partial charge in [0.1, 0.15) is 21.4 Å². The second-order valence-electron chi connectivity index (χ2n) is 4.64. The number of hydrogen-bond acceptors (Lipinski definition) is 6. The topological polar surface area (TPSA) is 143 Å². The van der Waals surface area contributed by atoms with Gasteiger partial charge in [-0.25, -0.2) is 17.2 Å². The molecule has 0 aliphatic rings. The van der Waals surface area contributed by atoms with E-state index in [1.165, 1.54) is 0 Å². The molecule has 14 heteroatoms. The van der Waals surface area contributed by atoms with E-state index in [-0.39, 0.29) is 31.0 Å². The van der Waals surface area contributed by atoms with E-state index in [1.54, 1.807) is 0 Å². The average molecular weight is 438 g/mol. The normalized spacial score (nSPS) is 12.5. The van der Waals surface area contributed by atoms with Gasteiger partial charge < -0.3 is 1.43 Å². The molecule has 0 fully saturated rings. The van der Waals surface area contributed by atoms with Crippen LogP contribution in [-0.4, -0.2) is 34.4 Å². The van der Waals surface area contributed by atoms with Gasteiger partial charge in [-0.1, -0.05) is 0 Å². The van der Waals surface area contributed by atoms with Crippen molar-refractivity contribution < 1.29 is 74.1 Å². The molecular weight excluding hydrogens is 429 g/mol. The largest absolute Gasteiger partial charge is 1.00 e. The van der Waals surface area contributed by atoms with E-state index < -0.39 is 61.3 Å². The maximum absolute atomic E-state index is 13.4. The van der Waals surface area contributed by atoms with E-state index in [0.29, 0.717) is 36.4 Å². The van der Waals surface area contributed by atoms with Crippen LogP contribution in [0.25, 0.3) is 0 Å². The van der Waals surface area contributed by atoms with Crippen molar-refractivity contribution in [1.82, 2.24) is 0 Å². The molecule has 0 heterocycles. The summed E-state index contributed by atoms with van der Waals surface area (Å²) in [5.74, 6) is -2.83. The van der Waals surface area contributed by atoms with Crippen molar-refractivity contribution in [3.05, 3.63) is 48.0 Å². The maximum Gasteiger partial charge on any atom is 1.00 e. The number of halogens is 2. The fourth-order valence-corrected chi connectivity index (χ4v) is 4.48. The van der Waals surface area contributed by atoms with Crippen molar-refractivity contribution in [1.29, 1.82) is 0 Å². The molecule has 0 unspecified atom stereocenters. The maximum atomic E-state index is 13.4. The molecule has 2 rings (SSSR count). The Balaban J connectivity index is 0.00000338. The monoisotopic (exact) mass is 438 g/mol. The van der Waals surface area contributed by atoms with E-state index in [4.69, 9.17) is 9.11 Å². The zero-order valence-electron chi connectivity index (χ0n) is 13.8. The summed E-state index contributed by atoms with van der Waals surface area (Å²) in [6, 6.07) is 2.88. The molecule has 0 spiro atoms. The van der Waals surface area contributed by atoms with E-state index in [9.17, 15) is 34.0 Å². The Hall–Kier alpha value is -0.930. The molecule has 2 aromatic rings. The van der Waals surface area contributed by atoms with Gasteiger partial charge in [-0.05, 0) is 36.4 Å². The van der Waals surface area contributed by atoms with Gasteiger partial charge in [-0.3, -0.25) is 9.11 Å². The number of sulfone groups is 1. The summed E-state index contributed by atoms with van der Waals surface area (Å²) in [5.41, 5.74) is 0. The molecule has 0 aromatic heterocycles. The SMILES string of the molecule is O=S(=O)(O)c1cc(S(=O)(=O)c2ccc(F)c(S(=O)(=O)O)c2)ccc1F.[H-].[Na+]. The molecule has 8 nitrogen and oxygen atoms in total. The Morgan fingerprint density at radius 3 is 1.27 bits per heavy atom. The van der Waals surface area contributed by atoms with Gasteiger partial charge in [0.05, 0.1) is 9.79 Å². The third kappa shape index (κ3) is 4.67. The van der Waals surface area contributed by atoms with Gasteiger partial charge in [0.2, 0.25) is 9.84 Å². The first-order chi connectivity index (χ1) is 11.2. The van der Waals surface area contributed by atoms with Crippen molar-refractivity contribution in [2.24, 2.45) is 0 Å². The molecule has 0 aliphatic carbocycles. The van der Waals surface area contributed by atoms with Crippen molar-refractivity contribution in [3.8, 4) is 0 Å². The molecule has 0 bridgehead atoms. The first kappa shape index (κ1) is 23.1. The average Bonchev–Trinajstić information content (AvgIpc) is 2.45. The molecule has 0 saturated carbocycles. The smallest absolute Gasteiger partial charge is 1.00 e. The van der Waals surface area contributed by atoms with Crippen molar-refractivity contribution in [3.63, 3.8) is 0 Å². The second-order valence-corrected chi connectivity index (χ2v) is 9.37. The molecule has 2 aromatic carbocycles. The predicted octanol–water partition coefficient (Wildman–Crippen LogP) is -1.59. The van der Waals surface area contributed by atoms with Crippen molar-refractivity contribution in [2.45, 2.75) is 19.6 Å². The minimum atomic E-state index is -5.07. The zero-order chi connectivity index (χ0) is 19.2. The Bertz CT molecular complexity index is 1090. The molecule has 26 heavy (non-hydrogen) atoms. The summed E-state index contributed by atoms with van der Waals surface area (Å²) >= 11 is 0. The van der Waals surface area contributed by atoms with Crippen molar-refractivity contribution >= 4 is 30.1 Å². The third-order valence-electron chi connectivity index (χ3n) is 2.98. The fourth-order valence-electron chi connectivity index (χ4n) is 1.83. The molecule has 0 atom stereocenters. The van der Waals surface area contributed by atoms with Crippen LogP contribution in [0.1, 0.15) is 1.43 Å². The molecule has 0 radical (unpaired) electrons. The fraction of sp³-hybridized carbons (Fsp3) is 0. The number of hydrogen-bond donors (Lipinski definition) is 2. The van der Waals surface area contributed by atoms with Crippen LogP contribution < -0.4 is 29.6 Å². The van der Waals surface area contributed by atoms with E-state index >= 15 is 0 Å². The Kier molecular flexibility index (Phi) is 6.75. The summed E-state index contributed by atoms with van der Waals surface area (Å²) in [6.07, 6.45) is 0. The van der Waals surface area contributed by atoms with Gasteiger partial charge in [-0.15, -0.1) is 0 Å². The molecule has 138 valence electrons. The number of rotatable bonds is 4. The van der Waals surface area contributed by atoms with E-state index in [0.717, 1.165) is 0 Å². The van der Waals surface area contributed by atoms with Crippen LogP contribution >= 0.6 is 0 Å². The molecular formula is C12H9F2NaO8S3. The Morgan fingerprint density at radius 1 is 0.692 bits per heavy atom. The van der Waals surface area contributed by atoms with Crippen LogP contribution in [0.3, 0.4) is 0 Å². The molecule has 0 saturated heterocycles. The zero-order valence-corrected chi connectivity index (χ0v) is 17.2. The summed E-state index contributed by atoms with van der Waals surface area (Å²) in [7, 11) is -14.8. The standard InChI is InChI=1S/C12H8F2O8S3.Na.H/c13-9-3-1-7(5-11(9)24(17,18)19)23(15,16)8-2-4-10(14)12(6-8)25(20,21)22;;/h1-6H,(H,17,18,19)(H,20,21,22);;/q;+1;-1. The van der Waals surface area contributed by atoms with E-state index in [2.05, 4.69) is 0 Å². The van der Waals surface area contributed by atoms with Crippen LogP contribution in [0.4, 0.5) is 8.78 Å². The quantitative estimate of drug-likeness (QED) is 0.330. The molecule has 0 amide bonds. The summed E-state index contributed by atoms with van der Waals surface area (Å²) < 4.78 is 114. The van der Waals surface area contributed by atoms with Gasteiger partial charge in [0.25, 0.3) is 20.2 Å². The summed E-state index contributed by atoms with van der Waals surface area (Å²) in [4.78, 5) is -4.25. The third-order valence-corrected chi connectivity index (χ3v) is 6.47. The molecule has 0 aliphatic heterocycles. The second kappa shape index (κ2) is 7.59. The summed E-state index contributed by atoms with van der Waals surface area (Å²) in [5, 5.41) is 0. The van der Waals surface area contributed by atoms with Crippen molar-refractivity contribution in [2.75, 3.05) is 0 Å². The number of benzene rings is 2. The van der Waals surface area contributed by atoms with Crippen LogP contribution in [0.2, 0.25) is 0 Å². The van der Waals surface area contributed by atoms with Crippen LogP contribution in [0, 0.1) is 11.6 Å². The van der Waals surface area contributed by atoms with Gasteiger partial charge in [-0.2, -0.15) is 16.8 Å². The minimum absolute atomic E-state index is 0. The van der Waals surface area contributed by atoms with E-state index in [1.807, 2.05) is 0 Å². The predicted molar refractivity (Wildman–Crippen MR) is 79.0 cm³/mol. The van der Waals surface area contributed by atoms with Crippen LogP contribution in [-0.2, 0) is 30.1 Å².